The van der Waals surface area contributed by atoms with Crippen LogP contribution in [0.2, 0.25) is 0 Å². The average molecular weight is 314 g/mol. The summed E-state index contributed by atoms with van der Waals surface area (Å²) in [6, 6.07) is 5.10. The molecule has 3 nitrogen and oxygen atoms in total. The maximum Gasteiger partial charge on any atom is 0.166 e. The standard InChI is InChI=1S/C14H20FN3S2/c1-18(2)7-6-16-14(19)17-12-5-8-20-13-4-3-10(15)9-11(12)13/h3-4,9,12H,5-8H2,1-2H3,(H2,16,17,19)/p+1/t12-/m1/s1. The average Bonchev–Trinajstić information content (AvgIpc) is 2.39. The Morgan fingerprint density at radius 1 is 1.50 bits per heavy atom. The Hall–Kier alpha value is -0.850. The van der Waals surface area contributed by atoms with Crippen molar-refractivity contribution in [1.82, 2.24) is 10.6 Å². The minimum atomic E-state index is -0.187. The normalized spacial score (nSPS) is 17.7. The minimum Gasteiger partial charge on any atom is -0.357 e. The molecule has 0 amide bonds. The van der Waals surface area contributed by atoms with E-state index in [0.717, 1.165) is 35.7 Å². The van der Waals surface area contributed by atoms with Gasteiger partial charge in [-0.25, -0.2) is 4.39 Å². The van der Waals surface area contributed by atoms with Gasteiger partial charge in [-0.3, -0.25) is 0 Å². The number of rotatable bonds is 4. The Balaban J connectivity index is 1.94. The lowest BCUT2D eigenvalue weighted by Crippen LogP contribution is -3.06. The predicted octanol–water partition coefficient (Wildman–Crippen LogP) is 0.971. The third-order valence-electron chi connectivity index (χ3n) is 3.23. The van der Waals surface area contributed by atoms with E-state index >= 15 is 0 Å². The summed E-state index contributed by atoms with van der Waals surface area (Å²) in [7, 11) is 4.21. The number of fused-ring (bicyclic) bond motifs is 1. The Bertz CT molecular complexity index is 479. The van der Waals surface area contributed by atoms with E-state index in [0.29, 0.717) is 5.11 Å². The fourth-order valence-corrected chi connectivity index (χ4v) is 3.50. The van der Waals surface area contributed by atoms with E-state index in [1.807, 2.05) is 6.07 Å². The van der Waals surface area contributed by atoms with Crippen LogP contribution in [0, 0.1) is 5.82 Å². The number of likely N-dealkylation sites (N-methyl/N-ethyl adjacent to an activating group) is 1. The molecule has 2 rings (SSSR count). The first-order chi connectivity index (χ1) is 9.56. The highest BCUT2D eigenvalue weighted by Gasteiger charge is 2.21. The molecule has 0 saturated carbocycles. The summed E-state index contributed by atoms with van der Waals surface area (Å²) in [4.78, 5) is 2.53. The smallest absolute Gasteiger partial charge is 0.166 e. The van der Waals surface area contributed by atoms with Crippen molar-refractivity contribution in [3.05, 3.63) is 29.6 Å². The van der Waals surface area contributed by atoms with Crippen LogP contribution < -0.4 is 15.5 Å². The van der Waals surface area contributed by atoms with E-state index < -0.39 is 0 Å². The minimum absolute atomic E-state index is 0.105. The van der Waals surface area contributed by atoms with E-state index in [2.05, 4.69) is 24.7 Å². The molecule has 20 heavy (non-hydrogen) atoms. The monoisotopic (exact) mass is 314 g/mol. The van der Waals surface area contributed by atoms with Crippen LogP contribution in [-0.4, -0.2) is 38.1 Å². The van der Waals surface area contributed by atoms with Crippen LogP contribution in [0.3, 0.4) is 0 Å². The lowest BCUT2D eigenvalue weighted by Gasteiger charge is -2.27. The predicted molar refractivity (Wildman–Crippen MR) is 85.9 cm³/mol. The molecule has 1 aromatic carbocycles. The van der Waals surface area contributed by atoms with E-state index in [1.54, 1.807) is 17.8 Å². The highest BCUT2D eigenvalue weighted by Crippen LogP contribution is 2.36. The zero-order chi connectivity index (χ0) is 14.5. The van der Waals surface area contributed by atoms with Crippen LogP contribution in [0.15, 0.2) is 23.1 Å². The molecule has 1 aliphatic heterocycles. The van der Waals surface area contributed by atoms with Gasteiger partial charge in [-0.05, 0) is 42.4 Å². The SMILES string of the molecule is C[NH+](C)CCNC(=S)N[C@@H]1CCSc2ccc(F)cc21. The van der Waals surface area contributed by atoms with Gasteiger partial charge in [-0.15, -0.1) is 11.8 Å². The molecule has 0 unspecified atom stereocenters. The van der Waals surface area contributed by atoms with Crippen molar-refractivity contribution in [2.45, 2.75) is 17.4 Å². The topological polar surface area (TPSA) is 28.5 Å². The Labute approximate surface area is 129 Å². The lowest BCUT2D eigenvalue weighted by atomic mass is 10.0. The number of thioether (sulfide) groups is 1. The Morgan fingerprint density at radius 3 is 3.05 bits per heavy atom. The van der Waals surface area contributed by atoms with Gasteiger partial charge in [0, 0.05) is 10.6 Å². The molecule has 6 heteroatoms. The molecule has 1 atom stereocenters. The number of nitrogens with one attached hydrogen (secondary N) is 3. The third-order valence-corrected chi connectivity index (χ3v) is 4.61. The summed E-state index contributed by atoms with van der Waals surface area (Å²) in [5.41, 5.74) is 1.02. The van der Waals surface area contributed by atoms with E-state index in [9.17, 15) is 4.39 Å². The quantitative estimate of drug-likeness (QED) is 0.723. The molecule has 1 heterocycles. The molecule has 110 valence electrons. The molecule has 0 aromatic heterocycles. The van der Waals surface area contributed by atoms with Gasteiger partial charge in [-0.2, -0.15) is 0 Å². The van der Waals surface area contributed by atoms with Crippen LogP contribution in [0.25, 0.3) is 0 Å². The van der Waals surface area contributed by atoms with Crippen molar-refractivity contribution in [3.63, 3.8) is 0 Å². The summed E-state index contributed by atoms with van der Waals surface area (Å²) in [6.45, 7) is 1.85. The Morgan fingerprint density at radius 2 is 2.30 bits per heavy atom. The molecule has 0 radical (unpaired) electrons. The third kappa shape index (κ3) is 4.33. The first kappa shape index (κ1) is 15.5. The van der Waals surface area contributed by atoms with Gasteiger partial charge in [-0.1, -0.05) is 0 Å². The highest BCUT2D eigenvalue weighted by molar-refractivity contribution is 7.99. The van der Waals surface area contributed by atoms with Gasteiger partial charge in [0.05, 0.1) is 33.2 Å². The molecule has 1 aromatic rings. The fourth-order valence-electron chi connectivity index (χ4n) is 2.15. The summed E-state index contributed by atoms with van der Waals surface area (Å²) >= 11 is 7.09. The molecular formula is C14H21FN3S2+. The molecule has 0 saturated heterocycles. The number of benzene rings is 1. The van der Waals surface area contributed by atoms with Crippen molar-refractivity contribution in [3.8, 4) is 0 Å². The summed E-state index contributed by atoms with van der Waals surface area (Å²) in [6.07, 6.45) is 0.960. The van der Waals surface area contributed by atoms with Crippen LogP contribution in [0.5, 0.6) is 0 Å². The molecule has 0 bridgehead atoms. The first-order valence-electron chi connectivity index (χ1n) is 6.82. The second-order valence-electron chi connectivity index (χ2n) is 5.23. The van der Waals surface area contributed by atoms with Gasteiger partial charge in [0.25, 0.3) is 0 Å². The van der Waals surface area contributed by atoms with Crippen LogP contribution in [0.1, 0.15) is 18.0 Å². The molecule has 1 aliphatic rings. The number of hydrogen-bond donors (Lipinski definition) is 3. The van der Waals surface area contributed by atoms with Crippen molar-refractivity contribution in [2.75, 3.05) is 32.9 Å². The second-order valence-corrected chi connectivity index (χ2v) is 6.77. The van der Waals surface area contributed by atoms with Gasteiger partial charge in [0.2, 0.25) is 0 Å². The number of thiocarbonyl (C=S) groups is 1. The second kappa shape index (κ2) is 7.24. The molecule has 0 fully saturated rings. The molecule has 0 spiro atoms. The summed E-state index contributed by atoms with van der Waals surface area (Å²) in [5, 5.41) is 7.16. The molecule has 0 aliphatic carbocycles. The zero-order valence-electron chi connectivity index (χ0n) is 11.8. The number of halogens is 1. The van der Waals surface area contributed by atoms with Crippen LogP contribution in [-0.2, 0) is 0 Å². The number of hydrogen-bond acceptors (Lipinski definition) is 2. The summed E-state index contributed by atoms with van der Waals surface area (Å²) in [5.74, 6) is 0.842. The maximum atomic E-state index is 13.4. The van der Waals surface area contributed by atoms with Crippen LogP contribution >= 0.6 is 24.0 Å². The van der Waals surface area contributed by atoms with E-state index in [-0.39, 0.29) is 11.9 Å². The van der Waals surface area contributed by atoms with E-state index in [4.69, 9.17) is 12.2 Å². The first-order valence-corrected chi connectivity index (χ1v) is 8.21. The molecular weight excluding hydrogens is 293 g/mol. The Kier molecular flexibility index (Phi) is 5.63. The molecule has 3 N–H and O–H groups in total. The van der Waals surface area contributed by atoms with Crippen LogP contribution in [0.4, 0.5) is 4.39 Å². The summed E-state index contributed by atoms with van der Waals surface area (Å²) < 4.78 is 13.4. The van der Waals surface area contributed by atoms with Gasteiger partial charge >= 0.3 is 0 Å². The van der Waals surface area contributed by atoms with Crippen molar-refractivity contribution in [2.24, 2.45) is 0 Å². The number of quaternary nitrogens is 1. The van der Waals surface area contributed by atoms with Crippen molar-refractivity contribution in [1.29, 1.82) is 0 Å². The van der Waals surface area contributed by atoms with Gasteiger partial charge < -0.3 is 15.5 Å². The van der Waals surface area contributed by atoms with Gasteiger partial charge in [0.15, 0.2) is 5.11 Å². The van der Waals surface area contributed by atoms with Crippen molar-refractivity contribution >= 4 is 29.1 Å². The van der Waals surface area contributed by atoms with Crippen molar-refractivity contribution < 1.29 is 9.29 Å². The lowest BCUT2D eigenvalue weighted by molar-refractivity contribution is -0.856. The van der Waals surface area contributed by atoms with Gasteiger partial charge in [0.1, 0.15) is 5.82 Å². The fraction of sp³-hybridized carbons (Fsp3) is 0.500. The zero-order valence-corrected chi connectivity index (χ0v) is 13.5. The highest BCUT2D eigenvalue weighted by atomic mass is 32.2. The van der Waals surface area contributed by atoms with E-state index in [1.165, 1.54) is 11.0 Å². The largest absolute Gasteiger partial charge is 0.357 e. The maximum absolute atomic E-state index is 13.4.